The van der Waals surface area contributed by atoms with Gasteiger partial charge < -0.3 is 0 Å². The van der Waals surface area contributed by atoms with Crippen molar-refractivity contribution >= 4 is 51.8 Å². The van der Waals surface area contributed by atoms with Crippen LogP contribution in [0.15, 0.2) is 51.8 Å². The summed E-state index contributed by atoms with van der Waals surface area (Å²) in [7, 11) is 2.91. The molecule has 0 bridgehead atoms. The number of urea groups is 1. The van der Waals surface area contributed by atoms with Gasteiger partial charge in [-0.1, -0.05) is 29.3 Å². The van der Waals surface area contributed by atoms with Crippen molar-refractivity contribution in [1.29, 1.82) is 0 Å². The second-order valence-corrected chi connectivity index (χ2v) is 8.82. The maximum absolute atomic E-state index is 13.0. The van der Waals surface area contributed by atoms with Gasteiger partial charge in [0.15, 0.2) is 5.92 Å². The maximum atomic E-state index is 13.0. The van der Waals surface area contributed by atoms with E-state index in [1.165, 1.54) is 47.8 Å². The van der Waals surface area contributed by atoms with Gasteiger partial charge in [-0.2, -0.15) is 22.6 Å². The molecule has 4 rings (SSSR count). The second kappa shape index (κ2) is 8.04. The SMILES string of the molecule is CN1C(=O)C2C(SCc3cccc(C(F)(F)F)c3)=NC(c3cccs3)=NC2=[N+](C)C1=O. The van der Waals surface area contributed by atoms with E-state index in [0.29, 0.717) is 16.4 Å². The molecule has 3 heterocycles. The number of halogens is 3. The van der Waals surface area contributed by atoms with Crippen LogP contribution in [0.3, 0.4) is 0 Å². The van der Waals surface area contributed by atoms with E-state index in [1.54, 1.807) is 6.07 Å². The fourth-order valence-corrected chi connectivity index (χ4v) is 4.87. The second-order valence-electron chi connectivity index (χ2n) is 6.88. The summed E-state index contributed by atoms with van der Waals surface area (Å²) in [6, 6.07) is 8.19. The molecule has 0 radical (unpaired) electrons. The quantitative estimate of drug-likeness (QED) is 0.641. The normalized spacial score (nSPS) is 19.4. The zero-order chi connectivity index (χ0) is 22.3. The minimum Gasteiger partial charge on any atom is -0.255 e. The number of benzene rings is 1. The Hall–Kier alpha value is -2.79. The molecule has 0 spiro atoms. The summed E-state index contributed by atoms with van der Waals surface area (Å²) in [5.41, 5.74) is -0.284. The average molecular weight is 466 g/mol. The highest BCUT2D eigenvalue weighted by molar-refractivity contribution is 8.13. The van der Waals surface area contributed by atoms with Crippen molar-refractivity contribution in [3.05, 3.63) is 57.8 Å². The van der Waals surface area contributed by atoms with Gasteiger partial charge in [0, 0.05) is 5.75 Å². The number of aliphatic imine (C=N–C) groups is 2. The lowest BCUT2D eigenvalue weighted by molar-refractivity contribution is -0.407. The molecular formula is C20H16F3N4O2S2+. The lowest BCUT2D eigenvalue weighted by atomic mass is 10.0. The highest BCUT2D eigenvalue weighted by Gasteiger charge is 2.49. The Morgan fingerprint density at radius 3 is 2.65 bits per heavy atom. The summed E-state index contributed by atoms with van der Waals surface area (Å²) in [5.74, 6) is -0.545. The number of carbonyl (C=O) groups is 2. The molecule has 1 atom stereocenters. The summed E-state index contributed by atoms with van der Waals surface area (Å²) < 4.78 is 40.4. The first-order chi connectivity index (χ1) is 14.7. The summed E-state index contributed by atoms with van der Waals surface area (Å²) in [4.78, 5) is 36.0. The van der Waals surface area contributed by atoms with Crippen molar-refractivity contribution in [2.24, 2.45) is 15.9 Å². The Bertz CT molecular complexity index is 1150. The highest BCUT2D eigenvalue weighted by Crippen LogP contribution is 2.32. The standard InChI is InChI=1S/C20H16F3N4O2S2/c1-26-16-14(18(28)27(2)19(26)29)17(25-15(24-16)13-7-4-8-30-13)31-10-11-5-3-6-12(9-11)20(21,22)23/h3-9,14H,10H2,1-2H3/q+1. The molecule has 1 unspecified atom stereocenters. The van der Waals surface area contributed by atoms with Gasteiger partial charge in [-0.3, -0.25) is 4.79 Å². The Morgan fingerprint density at radius 2 is 1.97 bits per heavy atom. The fourth-order valence-electron chi connectivity index (χ4n) is 3.20. The average Bonchev–Trinajstić information content (AvgIpc) is 3.28. The molecule has 31 heavy (non-hydrogen) atoms. The molecule has 160 valence electrons. The van der Waals surface area contributed by atoms with E-state index >= 15 is 0 Å². The zero-order valence-electron chi connectivity index (χ0n) is 16.4. The smallest absolute Gasteiger partial charge is 0.255 e. The largest absolute Gasteiger partial charge is 0.445 e. The van der Waals surface area contributed by atoms with Gasteiger partial charge in [0.1, 0.15) is 5.04 Å². The third-order valence-electron chi connectivity index (χ3n) is 4.82. The first kappa shape index (κ1) is 21.4. The Labute approximate surface area is 183 Å². The van der Waals surface area contributed by atoms with Crippen LogP contribution < -0.4 is 0 Å². The molecule has 0 saturated carbocycles. The molecule has 0 N–H and O–H groups in total. The van der Waals surface area contributed by atoms with Gasteiger partial charge in [0.25, 0.3) is 5.84 Å². The van der Waals surface area contributed by atoms with Gasteiger partial charge in [0.2, 0.25) is 5.84 Å². The predicted octanol–water partition coefficient (Wildman–Crippen LogP) is 4.11. The van der Waals surface area contributed by atoms with Crippen LogP contribution >= 0.6 is 23.1 Å². The lowest BCUT2D eigenvalue weighted by Crippen LogP contribution is -2.54. The lowest BCUT2D eigenvalue weighted by Gasteiger charge is -2.26. The number of thiophene rings is 1. The van der Waals surface area contributed by atoms with E-state index < -0.39 is 29.6 Å². The van der Waals surface area contributed by atoms with Crippen molar-refractivity contribution in [2.75, 3.05) is 14.1 Å². The Kier molecular flexibility index (Phi) is 5.56. The van der Waals surface area contributed by atoms with Crippen LogP contribution in [-0.4, -0.2) is 52.2 Å². The van der Waals surface area contributed by atoms with Crippen molar-refractivity contribution in [3.8, 4) is 0 Å². The Morgan fingerprint density at radius 1 is 1.19 bits per heavy atom. The summed E-state index contributed by atoms with van der Waals surface area (Å²) >= 11 is 2.57. The molecule has 2 aliphatic heterocycles. The highest BCUT2D eigenvalue weighted by atomic mass is 32.2. The number of carbonyl (C=O) groups excluding carboxylic acids is 2. The van der Waals surface area contributed by atoms with Gasteiger partial charge in [-0.25, -0.2) is 9.79 Å². The maximum Gasteiger partial charge on any atom is 0.445 e. The van der Waals surface area contributed by atoms with Gasteiger partial charge >= 0.3 is 18.1 Å². The van der Waals surface area contributed by atoms with Crippen LogP contribution in [0.2, 0.25) is 0 Å². The molecule has 0 saturated heterocycles. The number of hydrogen-bond donors (Lipinski definition) is 0. The minimum atomic E-state index is -4.44. The van der Waals surface area contributed by atoms with Crippen LogP contribution in [0.1, 0.15) is 16.0 Å². The van der Waals surface area contributed by atoms with E-state index in [-0.39, 0.29) is 11.6 Å². The summed E-state index contributed by atoms with van der Waals surface area (Å²) in [6.07, 6.45) is -4.44. The number of thioether (sulfide) groups is 1. The van der Waals surface area contributed by atoms with Crippen molar-refractivity contribution in [1.82, 2.24) is 4.90 Å². The summed E-state index contributed by atoms with van der Waals surface area (Å²) in [5, 5.41) is 2.25. The number of fused-ring (bicyclic) bond motifs is 1. The third kappa shape index (κ3) is 4.07. The molecular weight excluding hydrogens is 449 g/mol. The van der Waals surface area contributed by atoms with Crippen molar-refractivity contribution in [2.45, 2.75) is 11.9 Å². The van der Waals surface area contributed by atoms with Crippen LogP contribution in [0, 0.1) is 5.92 Å². The van der Waals surface area contributed by atoms with Gasteiger partial charge in [-0.15, -0.1) is 23.1 Å². The molecule has 1 aromatic carbocycles. The topological polar surface area (TPSA) is 65.1 Å². The minimum absolute atomic E-state index is 0.179. The van der Waals surface area contributed by atoms with Gasteiger partial charge in [-0.05, 0) is 23.1 Å². The van der Waals surface area contributed by atoms with Crippen LogP contribution in [0.5, 0.6) is 0 Å². The molecule has 2 aromatic rings. The molecule has 2 aliphatic rings. The molecule has 0 fully saturated rings. The first-order valence-corrected chi connectivity index (χ1v) is 11.0. The first-order valence-electron chi connectivity index (χ1n) is 9.09. The van der Waals surface area contributed by atoms with E-state index in [0.717, 1.165) is 21.9 Å². The van der Waals surface area contributed by atoms with Crippen molar-refractivity contribution in [3.63, 3.8) is 0 Å². The number of imide groups is 1. The van der Waals surface area contributed by atoms with E-state index in [4.69, 9.17) is 0 Å². The van der Waals surface area contributed by atoms with Crippen LogP contribution in [0.25, 0.3) is 0 Å². The number of alkyl halides is 3. The predicted molar refractivity (Wildman–Crippen MR) is 114 cm³/mol. The molecule has 3 amide bonds. The van der Waals surface area contributed by atoms with E-state index in [9.17, 15) is 22.8 Å². The number of nitrogens with zero attached hydrogens (tertiary/aromatic N) is 4. The summed E-state index contributed by atoms with van der Waals surface area (Å²) in [6.45, 7) is 0. The Balaban J connectivity index is 1.71. The zero-order valence-corrected chi connectivity index (χ0v) is 18.0. The fraction of sp³-hybridized carbons (Fsp3) is 0.250. The van der Waals surface area contributed by atoms with E-state index in [1.807, 2.05) is 17.5 Å². The number of rotatable bonds is 3. The molecule has 1 aromatic heterocycles. The molecule has 11 heteroatoms. The number of amidine groups is 2. The third-order valence-corrected chi connectivity index (χ3v) is 6.79. The van der Waals surface area contributed by atoms with Crippen LogP contribution in [0.4, 0.5) is 18.0 Å². The van der Waals surface area contributed by atoms with Crippen molar-refractivity contribution < 1.29 is 27.3 Å². The van der Waals surface area contributed by atoms with Crippen LogP contribution in [-0.2, 0) is 16.7 Å². The van der Waals surface area contributed by atoms with Gasteiger partial charge in [0.05, 0.1) is 24.5 Å². The van der Waals surface area contributed by atoms with E-state index in [2.05, 4.69) is 9.98 Å². The monoisotopic (exact) mass is 465 g/mol. The number of amides is 3. The molecule has 0 aliphatic carbocycles. The number of hydrogen-bond acceptors (Lipinski definition) is 6. The molecule has 6 nitrogen and oxygen atoms in total.